The molecule has 9 heteroatoms. The number of benzene rings is 2. The van der Waals surface area contributed by atoms with Gasteiger partial charge in [0.2, 0.25) is 11.9 Å². The molecule has 0 spiro atoms. The molecule has 0 saturated carbocycles. The molecular formula is C20H20ClFN6O. The van der Waals surface area contributed by atoms with Gasteiger partial charge in [0.15, 0.2) is 0 Å². The summed E-state index contributed by atoms with van der Waals surface area (Å²) in [7, 11) is 1.69. The Balaban J connectivity index is 1.65. The fraction of sp³-hybridized carbons (Fsp3) is 0.300. The lowest BCUT2D eigenvalue weighted by Gasteiger charge is -2.41. The Bertz CT molecular complexity index is 1100. The van der Waals surface area contributed by atoms with Crippen LogP contribution in [0.1, 0.15) is 11.7 Å². The van der Waals surface area contributed by atoms with E-state index in [4.69, 9.17) is 21.3 Å². The molecule has 2 aromatic carbocycles. The molecule has 3 aromatic rings. The predicted octanol–water partition coefficient (Wildman–Crippen LogP) is 3.02. The van der Waals surface area contributed by atoms with Crippen LogP contribution in [-0.2, 0) is 4.74 Å². The largest absolute Gasteiger partial charge is 0.383 e. The highest BCUT2D eigenvalue weighted by Gasteiger charge is 2.36. The Kier molecular flexibility index (Phi) is 4.61. The number of fused-ring (bicyclic) bond motifs is 5. The summed E-state index contributed by atoms with van der Waals surface area (Å²) in [5, 5.41) is 3.87. The average molecular weight is 415 g/mol. The summed E-state index contributed by atoms with van der Waals surface area (Å²) in [6.45, 7) is 2.53. The van der Waals surface area contributed by atoms with Crippen molar-refractivity contribution in [3.63, 3.8) is 0 Å². The summed E-state index contributed by atoms with van der Waals surface area (Å²) in [5.74, 6) is 1.06. The highest BCUT2D eigenvalue weighted by molar-refractivity contribution is 6.30. The lowest BCUT2D eigenvalue weighted by Crippen LogP contribution is -2.57. The number of anilines is 1. The minimum atomic E-state index is -0.503. The van der Waals surface area contributed by atoms with E-state index in [1.54, 1.807) is 19.2 Å². The first-order valence-electron chi connectivity index (χ1n) is 9.37. The predicted molar refractivity (Wildman–Crippen MR) is 111 cm³/mol. The van der Waals surface area contributed by atoms with Gasteiger partial charge in [-0.1, -0.05) is 23.7 Å². The van der Waals surface area contributed by atoms with Gasteiger partial charge in [-0.3, -0.25) is 14.4 Å². The van der Waals surface area contributed by atoms with E-state index in [0.29, 0.717) is 36.5 Å². The number of nitrogens with zero attached hydrogens (tertiary/aromatic N) is 5. The summed E-state index contributed by atoms with van der Waals surface area (Å²) in [6, 6.07) is 12.4. The number of guanidine groups is 1. The zero-order chi connectivity index (χ0) is 20.0. The van der Waals surface area contributed by atoms with Crippen molar-refractivity contribution in [3.05, 3.63) is 58.9 Å². The first-order valence-corrected chi connectivity index (χ1v) is 9.75. The lowest BCUT2D eigenvalue weighted by atomic mass is 10.1. The molecular weight excluding hydrogens is 395 g/mol. The molecule has 0 amide bonds. The molecule has 0 fully saturated rings. The van der Waals surface area contributed by atoms with Crippen LogP contribution in [0.25, 0.3) is 11.0 Å². The quantitative estimate of drug-likeness (QED) is 0.711. The maximum atomic E-state index is 14.8. The Morgan fingerprint density at radius 1 is 1.28 bits per heavy atom. The number of aromatic nitrogens is 2. The zero-order valence-electron chi connectivity index (χ0n) is 15.8. The van der Waals surface area contributed by atoms with Gasteiger partial charge in [-0.25, -0.2) is 14.4 Å². The van der Waals surface area contributed by atoms with Gasteiger partial charge in [0.1, 0.15) is 12.0 Å². The summed E-state index contributed by atoms with van der Waals surface area (Å²) < 4.78 is 22.0. The van der Waals surface area contributed by atoms with Crippen LogP contribution in [0.2, 0.25) is 5.02 Å². The van der Waals surface area contributed by atoms with Gasteiger partial charge in [-0.05, 0) is 30.3 Å². The van der Waals surface area contributed by atoms with E-state index in [1.807, 2.05) is 33.7 Å². The molecule has 1 N–H and O–H groups in total. The molecule has 1 aromatic heterocycles. The number of halogens is 2. The molecule has 7 nitrogen and oxygen atoms in total. The number of aliphatic imine (C=N–C) groups is 1. The average Bonchev–Trinajstić information content (AvgIpc) is 3.13. The Labute approximate surface area is 172 Å². The normalized spacial score (nSPS) is 18.9. The minimum Gasteiger partial charge on any atom is -0.383 e. The van der Waals surface area contributed by atoms with Gasteiger partial charge >= 0.3 is 0 Å². The van der Waals surface area contributed by atoms with E-state index in [9.17, 15) is 4.39 Å². The molecule has 0 bridgehead atoms. The van der Waals surface area contributed by atoms with Crippen molar-refractivity contribution >= 4 is 34.5 Å². The molecule has 1 unspecified atom stereocenters. The van der Waals surface area contributed by atoms with E-state index in [0.717, 1.165) is 23.5 Å². The highest BCUT2D eigenvalue weighted by atomic mass is 35.5. The van der Waals surface area contributed by atoms with Crippen LogP contribution in [-0.4, -0.2) is 54.0 Å². The van der Waals surface area contributed by atoms with Crippen LogP contribution in [0.5, 0.6) is 0 Å². The van der Waals surface area contributed by atoms with Crippen LogP contribution in [0.3, 0.4) is 0 Å². The maximum absolute atomic E-state index is 14.8. The number of rotatable bonds is 4. The lowest BCUT2D eigenvalue weighted by molar-refractivity contribution is 0.147. The molecule has 0 saturated heterocycles. The van der Waals surface area contributed by atoms with Crippen molar-refractivity contribution in [2.24, 2.45) is 4.99 Å². The first-order chi connectivity index (χ1) is 14.2. The number of para-hydroxylation sites is 2. The van der Waals surface area contributed by atoms with Crippen molar-refractivity contribution in [1.82, 2.24) is 19.8 Å². The van der Waals surface area contributed by atoms with Crippen molar-refractivity contribution < 1.29 is 9.13 Å². The van der Waals surface area contributed by atoms with Crippen molar-refractivity contribution in [3.8, 4) is 0 Å². The molecule has 0 aliphatic carbocycles. The monoisotopic (exact) mass is 414 g/mol. The number of hydrogen-bond donors (Lipinski definition) is 1. The third-order valence-corrected chi connectivity index (χ3v) is 5.46. The number of nitrogens with one attached hydrogen (secondary N) is 1. The molecule has 2 aliphatic heterocycles. The number of hydrogen-bond acceptors (Lipinski definition) is 6. The third kappa shape index (κ3) is 3.13. The van der Waals surface area contributed by atoms with Gasteiger partial charge < -0.3 is 10.1 Å². The van der Waals surface area contributed by atoms with Crippen molar-refractivity contribution in [1.29, 1.82) is 0 Å². The fourth-order valence-corrected chi connectivity index (χ4v) is 3.99. The number of methoxy groups -OCH3 is 1. The molecule has 5 rings (SSSR count). The van der Waals surface area contributed by atoms with E-state index in [1.165, 1.54) is 6.07 Å². The fourth-order valence-electron chi connectivity index (χ4n) is 3.81. The zero-order valence-corrected chi connectivity index (χ0v) is 16.6. The Morgan fingerprint density at radius 3 is 3.00 bits per heavy atom. The summed E-state index contributed by atoms with van der Waals surface area (Å²) in [5.41, 5.74) is 2.20. The van der Waals surface area contributed by atoms with E-state index in [-0.39, 0.29) is 5.82 Å². The van der Waals surface area contributed by atoms with Crippen LogP contribution in [0.4, 0.5) is 10.3 Å². The molecule has 3 heterocycles. The SMILES string of the molecule is COCCN1CN=C2NC(c3cc(Cl)ccc3F)n3c(nc4ccccc43)N2C1. The second-order valence-electron chi connectivity index (χ2n) is 7.06. The van der Waals surface area contributed by atoms with Gasteiger partial charge in [-0.2, -0.15) is 0 Å². The van der Waals surface area contributed by atoms with Crippen LogP contribution in [0.15, 0.2) is 47.5 Å². The van der Waals surface area contributed by atoms with Crippen LogP contribution in [0, 0.1) is 5.82 Å². The highest BCUT2D eigenvalue weighted by Crippen LogP contribution is 2.35. The molecule has 2 aliphatic rings. The topological polar surface area (TPSA) is 57.9 Å². The number of ether oxygens (including phenoxy) is 1. The van der Waals surface area contributed by atoms with Crippen LogP contribution < -0.4 is 10.2 Å². The molecule has 150 valence electrons. The Hall–Kier alpha value is -2.68. The van der Waals surface area contributed by atoms with E-state index in [2.05, 4.69) is 15.2 Å². The minimum absolute atomic E-state index is 0.331. The molecule has 1 atom stereocenters. The van der Waals surface area contributed by atoms with Crippen molar-refractivity contribution in [2.75, 3.05) is 38.5 Å². The van der Waals surface area contributed by atoms with Gasteiger partial charge in [-0.15, -0.1) is 0 Å². The second kappa shape index (κ2) is 7.29. The van der Waals surface area contributed by atoms with E-state index >= 15 is 0 Å². The first kappa shape index (κ1) is 18.4. The summed E-state index contributed by atoms with van der Waals surface area (Å²) >= 11 is 6.18. The standard InChI is InChI=1S/C20H20ClFN6O/c1-29-9-8-26-11-23-19-25-18(14-10-13(21)6-7-15(14)22)28-17-5-3-2-4-16(17)24-20(28)27(19)12-26/h2-7,10,18H,8-9,11-12H2,1H3,(H,23,25). The smallest absolute Gasteiger partial charge is 0.216 e. The number of imidazole rings is 1. The molecule has 29 heavy (non-hydrogen) atoms. The van der Waals surface area contributed by atoms with Gasteiger partial charge in [0.05, 0.1) is 31.0 Å². The maximum Gasteiger partial charge on any atom is 0.216 e. The second-order valence-corrected chi connectivity index (χ2v) is 7.50. The van der Waals surface area contributed by atoms with Crippen LogP contribution >= 0.6 is 11.6 Å². The molecule has 0 radical (unpaired) electrons. The third-order valence-electron chi connectivity index (χ3n) is 5.22. The van der Waals surface area contributed by atoms with Gasteiger partial charge in [0.25, 0.3) is 0 Å². The van der Waals surface area contributed by atoms with Crippen molar-refractivity contribution in [2.45, 2.75) is 6.17 Å². The summed E-state index contributed by atoms with van der Waals surface area (Å²) in [4.78, 5) is 13.7. The summed E-state index contributed by atoms with van der Waals surface area (Å²) in [6.07, 6.45) is -0.503. The van der Waals surface area contributed by atoms with Gasteiger partial charge in [0, 0.05) is 24.2 Å². The Morgan fingerprint density at radius 2 is 2.14 bits per heavy atom. The van der Waals surface area contributed by atoms with E-state index < -0.39 is 6.17 Å².